The zero-order chi connectivity index (χ0) is 11.1. The Hall–Kier alpha value is -0.830. The first kappa shape index (κ1) is 12.2. The van der Waals surface area contributed by atoms with Crippen LogP contribution in [0.3, 0.4) is 0 Å². The molecule has 15 heavy (non-hydrogen) atoms. The number of nitrogens with zero attached hydrogens (tertiary/aromatic N) is 2. The summed E-state index contributed by atoms with van der Waals surface area (Å²) >= 11 is 0. The number of hydrogen-bond acceptors (Lipinski definition) is 2. The zero-order valence-electron chi connectivity index (χ0n) is 10.2. The molecule has 3 nitrogen and oxygen atoms in total. The molecule has 0 aliphatic heterocycles. The molecule has 0 saturated carbocycles. The summed E-state index contributed by atoms with van der Waals surface area (Å²) in [7, 11) is 0. The Morgan fingerprint density at radius 1 is 1.47 bits per heavy atom. The third-order valence-electron chi connectivity index (χ3n) is 2.75. The molecule has 0 aliphatic rings. The number of rotatable bonds is 7. The van der Waals surface area contributed by atoms with Gasteiger partial charge in [-0.25, -0.2) is 4.98 Å². The van der Waals surface area contributed by atoms with E-state index in [0.717, 1.165) is 13.1 Å². The summed E-state index contributed by atoms with van der Waals surface area (Å²) in [5, 5.41) is 3.34. The molecule has 0 radical (unpaired) electrons. The molecule has 0 fully saturated rings. The minimum absolute atomic E-state index is 0.570. The summed E-state index contributed by atoms with van der Waals surface area (Å²) in [6.45, 7) is 8.57. The Balaban J connectivity index is 2.54. The van der Waals surface area contributed by atoms with Crippen molar-refractivity contribution in [1.82, 2.24) is 14.9 Å². The van der Waals surface area contributed by atoms with Crippen LogP contribution < -0.4 is 5.32 Å². The third kappa shape index (κ3) is 3.67. The second-order valence-electron chi connectivity index (χ2n) is 4.06. The smallest absolute Gasteiger partial charge is 0.0951 e. The molecular weight excluding hydrogens is 186 g/mol. The molecule has 0 saturated heterocycles. The maximum absolute atomic E-state index is 4.23. The van der Waals surface area contributed by atoms with Crippen molar-refractivity contribution in [1.29, 1.82) is 0 Å². The summed E-state index contributed by atoms with van der Waals surface area (Å²) in [4.78, 5) is 4.23. The predicted octanol–water partition coefficient (Wildman–Crippen LogP) is 2.74. The highest BCUT2D eigenvalue weighted by atomic mass is 15.1. The van der Waals surface area contributed by atoms with E-state index in [2.05, 4.69) is 35.6 Å². The standard InChI is InChI=1S/C12H23N3/c1-4-6-7-11(3)15-10-14-9-12(15)8-13-5-2/h9-11,13H,4-8H2,1-3H3. The summed E-state index contributed by atoms with van der Waals surface area (Å²) in [5.41, 5.74) is 1.29. The van der Waals surface area contributed by atoms with Crippen molar-refractivity contribution < 1.29 is 0 Å². The number of hydrogen-bond donors (Lipinski definition) is 1. The van der Waals surface area contributed by atoms with Gasteiger partial charge in [0.05, 0.1) is 12.0 Å². The molecule has 0 aromatic carbocycles. The molecule has 0 amide bonds. The molecule has 86 valence electrons. The number of nitrogens with one attached hydrogen (secondary N) is 1. The molecule has 1 rings (SSSR count). The lowest BCUT2D eigenvalue weighted by Crippen LogP contribution is -2.16. The van der Waals surface area contributed by atoms with Crippen LogP contribution in [0.2, 0.25) is 0 Å². The lowest BCUT2D eigenvalue weighted by Gasteiger charge is -2.16. The van der Waals surface area contributed by atoms with E-state index in [1.165, 1.54) is 25.0 Å². The van der Waals surface area contributed by atoms with Gasteiger partial charge in [-0.2, -0.15) is 0 Å². The largest absolute Gasteiger partial charge is 0.331 e. The molecule has 0 spiro atoms. The average molecular weight is 209 g/mol. The second kappa shape index (κ2) is 6.62. The average Bonchev–Trinajstić information content (AvgIpc) is 2.71. The van der Waals surface area contributed by atoms with Crippen LogP contribution in [0, 0.1) is 0 Å². The van der Waals surface area contributed by atoms with Crippen LogP contribution in [0.5, 0.6) is 0 Å². The van der Waals surface area contributed by atoms with Gasteiger partial charge in [0.2, 0.25) is 0 Å². The summed E-state index contributed by atoms with van der Waals surface area (Å²) in [6.07, 6.45) is 7.71. The van der Waals surface area contributed by atoms with Gasteiger partial charge in [0, 0.05) is 18.8 Å². The highest BCUT2D eigenvalue weighted by Crippen LogP contribution is 2.16. The third-order valence-corrected chi connectivity index (χ3v) is 2.75. The Morgan fingerprint density at radius 3 is 2.93 bits per heavy atom. The molecule has 0 bridgehead atoms. The van der Waals surface area contributed by atoms with Gasteiger partial charge in [-0.15, -0.1) is 0 Å². The maximum atomic E-state index is 4.23. The number of imidazole rings is 1. The van der Waals surface area contributed by atoms with E-state index in [1.807, 2.05) is 12.5 Å². The minimum Gasteiger partial charge on any atom is -0.331 e. The fraction of sp³-hybridized carbons (Fsp3) is 0.750. The van der Waals surface area contributed by atoms with E-state index in [4.69, 9.17) is 0 Å². The van der Waals surface area contributed by atoms with Crippen LogP contribution >= 0.6 is 0 Å². The molecular formula is C12H23N3. The summed E-state index contributed by atoms with van der Waals surface area (Å²) in [5.74, 6) is 0. The van der Waals surface area contributed by atoms with Gasteiger partial charge in [-0.3, -0.25) is 0 Å². The first-order valence-corrected chi connectivity index (χ1v) is 6.01. The number of unbranched alkanes of at least 4 members (excludes halogenated alkanes) is 1. The van der Waals surface area contributed by atoms with Crippen molar-refractivity contribution >= 4 is 0 Å². The van der Waals surface area contributed by atoms with E-state index in [9.17, 15) is 0 Å². The first-order valence-electron chi connectivity index (χ1n) is 6.01. The second-order valence-corrected chi connectivity index (χ2v) is 4.06. The van der Waals surface area contributed by atoms with Crippen molar-refractivity contribution in [3.8, 4) is 0 Å². The van der Waals surface area contributed by atoms with E-state index < -0.39 is 0 Å². The highest BCUT2D eigenvalue weighted by molar-refractivity contribution is 4.99. The molecule has 1 heterocycles. The predicted molar refractivity (Wildman–Crippen MR) is 63.8 cm³/mol. The SMILES string of the molecule is CCCCC(C)n1cncc1CNCC. The van der Waals surface area contributed by atoms with Gasteiger partial charge >= 0.3 is 0 Å². The molecule has 1 aromatic rings. The normalized spacial score (nSPS) is 13.0. The zero-order valence-corrected chi connectivity index (χ0v) is 10.2. The Kier molecular flexibility index (Phi) is 5.40. The van der Waals surface area contributed by atoms with Gasteiger partial charge in [0.15, 0.2) is 0 Å². The van der Waals surface area contributed by atoms with E-state index >= 15 is 0 Å². The van der Waals surface area contributed by atoms with Crippen molar-refractivity contribution in [3.05, 3.63) is 18.2 Å². The molecule has 1 aromatic heterocycles. The maximum Gasteiger partial charge on any atom is 0.0951 e. The number of aromatic nitrogens is 2. The molecule has 1 unspecified atom stereocenters. The quantitative estimate of drug-likeness (QED) is 0.748. The fourth-order valence-electron chi connectivity index (χ4n) is 1.76. The topological polar surface area (TPSA) is 29.9 Å². The molecule has 0 aliphatic carbocycles. The van der Waals surface area contributed by atoms with Crippen LogP contribution in [0.25, 0.3) is 0 Å². The van der Waals surface area contributed by atoms with Gasteiger partial charge < -0.3 is 9.88 Å². The van der Waals surface area contributed by atoms with E-state index in [0.29, 0.717) is 6.04 Å². The Morgan fingerprint density at radius 2 is 2.27 bits per heavy atom. The van der Waals surface area contributed by atoms with Gasteiger partial charge in [0.1, 0.15) is 0 Å². The molecule has 1 N–H and O–H groups in total. The van der Waals surface area contributed by atoms with Crippen LogP contribution in [-0.2, 0) is 6.54 Å². The van der Waals surface area contributed by atoms with Gasteiger partial charge in [-0.05, 0) is 19.9 Å². The van der Waals surface area contributed by atoms with Gasteiger partial charge in [-0.1, -0.05) is 26.7 Å². The van der Waals surface area contributed by atoms with E-state index in [-0.39, 0.29) is 0 Å². The van der Waals surface area contributed by atoms with Crippen LogP contribution in [0.4, 0.5) is 0 Å². The first-order chi connectivity index (χ1) is 7.29. The lowest BCUT2D eigenvalue weighted by molar-refractivity contribution is 0.466. The molecule has 3 heteroatoms. The van der Waals surface area contributed by atoms with E-state index in [1.54, 1.807) is 0 Å². The summed E-state index contributed by atoms with van der Waals surface area (Å²) in [6, 6.07) is 0.570. The summed E-state index contributed by atoms with van der Waals surface area (Å²) < 4.78 is 2.29. The monoisotopic (exact) mass is 209 g/mol. The van der Waals surface area contributed by atoms with Crippen molar-refractivity contribution in [2.45, 2.75) is 52.6 Å². The minimum atomic E-state index is 0.570. The van der Waals surface area contributed by atoms with Crippen molar-refractivity contribution in [3.63, 3.8) is 0 Å². The van der Waals surface area contributed by atoms with Crippen LogP contribution in [0.15, 0.2) is 12.5 Å². The van der Waals surface area contributed by atoms with Crippen LogP contribution in [0.1, 0.15) is 51.8 Å². The van der Waals surface area contributed by atoms with Crippen LogP contribution in [-0.4, -0.2) is 16.1 Å². The molecule has 1 atom stereocenters. The van der Waals surface area contributed by atoms with Crippen molar-refractivity contribution in [2.24, 2.45) is 0 Å². The highest BCUT2D eigenvalue weighted by Gasteiger charge is 2.08. The Labute approximate surface area is 92.9 Å². The lowest BCUT2D eigenvalue weighted by atomic mass is 10.1. The van der Waals surface area contributed by atoms with Crippen molar-refractivity contribution in [2.75, 3.05) is 6.54 Å². The fourth-order valence-corrected chi connectivity index (χ4v) is 1.76. The Bertz CT molecular complexity index is 268. The van der Waals surface area contributed by atoms with Gasteiger partial charge in [0.25, 0.3) is 0 Å².